The summed E-state index contributed by atoms with van der Waals surface area (Å²) in [6.45, 7) is 3.96. The molecule has 1 heterocycles. The SMILES string of the molecule is C[C@@H]1CNCCN1C(=O)CCNS(=O)(=O)c1ccccc1F. The maximum atomic E-state index is 13.5. The van der Waals surface area contributed by atoms with Crippen molar-refractivity contribution in [2.75, 3.05) is 26.2 Å². The van der Waals surface area contributed by atoms with Gasteiger partial charge >= 0.3 is 0 Å². The first kappa shape index (κ1) is 16.9. The minimum absolute atomic E-state index is 0.0495. The number of nitrogens with zero attached hydrogens (tertiary/aromatic N) is 1. The van der Waals surface area contributed by atoms with Crippen molar-refractivity contribution in [1.82, 2.24) is 14.9 Å². The summed E-state index contributed by atoms with van der Waals surface area (Å²) >= 11 is 0. The molecule has 0 saturated carbocycles. The van der Waals surface area contributed by atoms with Crippen LogP contribution in [0.25, 0.3) is 0 Å². The third-order valence-corrected chi connectivity index (χ3v) is 5.07. The Kier molecular flexibility index (Phi) is 5.49. The molecule has 0 aliphatic carbocycles. The largest absolute Gasteiger partial charge is 0.337 e. The lowest BCUT2D eigenvalue weighted by Gasteiger charge is -2.34. The topological polar surface area (TPSA) is 78.5 Å². The summed E-state index contributed by atoms with van der Waals surface area (Å²) < 4.78 is 39.8. The number of carbonyl (C=O) groups excluding carboxylic acids is 1. The van der Waals surface area contributed by atoms with Crippen molar-refractivity contribution in [3.63, 3.8) is 0 Å². The fraction of sp³-hybridized carbons (Fsp3) is 0.500. The normalized spacial score (nSPS) is 19.2. The average Bonchev–Trinajstić information content (AvgIpc) is 2.47. The van der Waals surface area contributed by atoms with Crippen molar-refractivity contribution in [3.8, 4) is 0 Å². The van der Waals surface area contributed by atoms with E-state index in [0.717, 1.165) is 19.2 Å². The molecule has 1 aromatic rings. The quantitative estimate of drug-likeness (QED) is 0.815. The molecule has 22 heavy (non-hydrogen) atoms. The van der Waals surface area contributed by atoms with Gasteiger partial charge in [-0.2, -0.15) is 0 Å². The minimum Gasteiger partial charge on any atom is -0.337 e. The van der Waals surface area contributed by atoms with E-state index in [0.29, 0.717) is 6.54 Å². The number of hydrogen-bond donors (Lipinski definition) is 2. The molecular formula is C14H20FN3O3S. The van der Waals surface area contributed by atoms with E-state index in [4.69, 9.17) is 0 Å². The molecule has 6 nitrogen and oxygen atoms in total. The summed E-state index contributed by atoms with van der Waals surface area (Å²) in [5, 5.41) is 3.18. The number of nitrogens with one attached hydrogen (secondary N) is 2. The highest BCUT2D eigenvalue weighted by Crippen LogP contribution is 2.13. The zero-order valence-corrected chi connectivity index (χ0v) is 13.2. The third-order valence-electron chi connectivity index (χ3n) is 3.58. The van der Waals surface area contributed by atoms with Gasteiger partial charge in [-0.1, -0.05) is 12.1 Å². The van der Waals surface area contributed by atoms with Gasteiger partial charge in [-0.3, -0.25) is 4.79 Å². The van der Waals surface area contributed by atoms with Gasteiger partial charge in [0.2, 0.25) is 15.9 Å². The summed E-state index contributed by atoms with van der Waals surface area (Å²) in [5.74, 6) is -0.915. The highest BCUT2D eigenvalue weighted by Gasteiger charge is 2.23. The summed E-state index contributed by atoms with van der Waals surface area (Å²) in [6, 6.07) is 5.24. The van der Waals surface area contributed by atoms with E-state index in [1.165, 1.54) is 18.2 Å². The molecule has 2 N–H and O–H groups in total. The Balaban J connectivity index is 1.90. The van der Waals surface area contributed by atoms with Crippen LogP contribution in [0.2, 0.25) is 0 Å². The second-order valence-electron chi connectivity index (χ2n) is 5.22. The van der Waals surface area contributed by atoms with Gasteiger partial charge in [-0.15, -0.1) is 0 Å². The average molecular weight is 329 g/mol. The van der Waals surface area contributed by atoms with Crippen LogP contribution in [-0.4, -0.2) is 51.4 Å². The van der Waals surface area contributed by atoms with Crippen LogP contribution in [-0.2, 0) is 14.8 Å². The van der Waals surface area contributed by atoms with Crippen LogP contribution in [0.5, 0.6) is 0 Å². The molecule has 1 fully saturated rings. The second-order valence-corrected chi connectivity index (χ2v) is 6.95. The van der Waals surface area contributed by atoms with Crippen LogP contribution in [0, 0.1) is 5.82 Å². The number of sulfonamides is 1. The van der Waals surface area contributed by atoms with Crippen molar-refractivity contribution in [3.05, 3.63) is 30.1 Å². The summed E-state index contributed by atoms with van der Waals surface area (Å²) in [4.78, 5) is 13.4. The molecule has 0 spiro atoms. The highest BCUT2D eigenvalue weighted by molar-refractivity contribution is 7.89. The summed E-state index contributed by atoms with van der Waals surface area (Å²) in [6.07, 6.45) is 0.0536. The summed E-state index contributed by atoms with van der Waals surface area (Å²) in [7, 11) is -3.94. The van der Waals surface area contributed by atoms with Crippen LogP contribution >= 0.6 is 0 Å². The number of hydrogen-bond acceptors (Lipinski definition) is 4. The number of carbonyl (C=O) groups is 1. The van der Waals surface area contributed by atoms with E-state index in [-0.39, 0.29) is 24.9 Å². The van der Waals surface area contributed by atoms with Crippen LogP contribution in [0.3, 0.4) is 0 Å². The Bertz CT molecular complexity index is 636. The first-order chi connectivity index (χ1) is 10.4. The fourth-order valence-corrected chi connectivity index (χ4v) is 3.50. The Hall–Kier alpha value is -1.51. The zero-order chi connectivity index (χ0) is 16.2. The fourth-order valence-electron chi connectivity index (χ4n) is 2.39. The molecule has 1 atom stereocenters. The maximum Gasteiger partial charge on any atom is 0.243 e. The lowest BCUT2D eigenvalue weighted by molar-refractivity contribution is -0.133. The second kappa shape index (κ2) is 7.17. The van der Waals surface area contributed by atoms with E-state index in [1.54, 1.807) is 4.90 Å². The Morgan fingerprint density at radius 3 is 2.86 bits per heavy atom. The van der Waals surface area contributed by atoms with E-state index < -0.39 is 20.7 Å². The number of piperazine rings is 1. The lowest BCUT2D eigenvalue weighted by Crippen LogP contribution is -2.52. The molecule has 0 bridgehead atoms. The van der Waals surface area contributed by atoms with Crippen molar-refractivity contribution < 1.29 is 17.6 Å². The number of benzene rings is 1. The first-order valence-electron chi connectivity index (χ1n) is 7.16. The van der Waals surface area contributed by atoms with Crippen molar-refractivity contribution in [1.29, 1.82) is 0 Å². The summed E-state index contributed by atoms with van der Waals surface area (Å²) in [5.41, 5.74) is 0. The molecular weight excluding hydrogens is 309 g/mol. The van der Waals surface area contributed by atoms with Gasteiger partial charge in [0.15, 0.2) is 0 Å². The first-order valence-corrected chi connectivity index (χ1v) is 8.64. The maximum absolute atomic E-state index is 13.5. The predicted molar refractivity (Wildman–Crippen MR) is 80.3 cm³/mol. The molecule has 8 heteroatoms. The smallest absolute Gasteiger partial charge is 0.243 e. The predicted octanol–water partition coefficient (Wildman–Crippen LogP) is 0.314. The monoisotopic (exact) mass is 329 g/mol. The van der Waals surface area contributed by atoms with E-state index >= 15 is 0 Å². The molecule has 1 aliphatic heterocycles. The van der Waals surface area contributed by atoms with Crippen molar-refractivity contribution >= 4 is 15.9 Å². The van der Waals surface area contributed by atoms with Crippen molar-refractivity contribution in [2.24, 2.45) is 0 Å². The van der Waals surface area contributed by atoms with Crippen molar-refractivity contribution in [2.45, 2.75) is 24.3 Å². The Morgan fingerprint density at radius 1 is 1.45 bits per heavy atom. The number of halogens is 1. The van der Waals surface area contributed by atoms with E-state index in [9.17, 15) is 17.6 Å². The molecule has 122 valence electrons. The molecule has 0 radical (unpaired) electrons. The molecule has 1 aliphatic rings. The van der Waals surface area contributed by atoms with Crippen LogP contribution in [0.4, 0.5) is 4.39 Å². The van der Waals surface area contributed by atoms with Gasteiger partial charge in [0.05, 0.1) is 0 Å². The Labute approximate surface area is 129 Å². The molecule has 2 rings (SSSR count). The van der Waals surface area contributed by atoms with Crippen LogP contribution in [0.15, 0.2) is 29.2 Å². The molecule has 0 aromatic heterocycles. The van der Waals surface area contributed by atoms with E-state index in [1.807, 2.05) is 6.92 Å². The molecule has 1 saturated heterocycles. The zero-order valence-electron chi connectivity index (χ0n) is 12.4. The standard InChI is InChI=1S/C14H20FN3O3S/c1-11-10-16-8-9-18(11)14(19)6-7-17-22(20,21)13-5-3-2-4-12(13)15/h2-5,11,16-17H,6-10H2,1H3/t11-/m1/s1. The van der Waals surface area contributed by atoms with Crippen LogP contribution in [0.1, 0.15) is 13.3 Å². The molecule has 0 unspecified atom stereocenters. The molecule has 1 amide bonds. The number of amides is 1. The third kappa shape index (κ3) is 4.02. The van der Waals surface area contributed by atoms with Gasteiger partial charge in [0.1, 0.15) is 10.7 Å². The minimum atomic E-state index is -3.94. The van der Waals surface area contributed by atoms with Gasteiger partial charge in [0, 0.05) is 38.6 Å². The van der Waals surface area contributed by atoms with Gasteiger partial charge < -0.3 is 10.2 Å². The van der Waals surface area contributed by atoms with Gasteiger partial charge in [0.25, 0.3) is 0 Å². The van der Waals surface area contributed by atoms with Crippen LogP contribution < -0.4 is 10.0 Å². The van der Waals surface area contributed by atoms with E-state index in [2.05, 4.69) is 10.0 Å². The van der Waals surface area contributed by atoms with Gasteiger partial charge in [-0.25, -0.2) is 17.5 Å². The molecule has 1 aromatic carbocycles. The van der Waals surface area contributed by atoms with Gasteiger partial charge in [-0.05, 0) is 19.1 Å². The Morgan fingerprint density at radius 2 is 2.18 bits per heavy atom. The lowest BCUT2D eigenvalue weighted by atomic mass is 10.2. The number of rotatable bonds is 5. The highest BCUT2D eigenvalue weighted by atomic mass is 32.2.